The van der Waals surface area contributed by atoms with Gasteiger partial charge in [-0.15, -0.1) is 0 Å². The van der Waals surface area contributed by atoms with Crippen molar-refractivity contribution in [1.82, 2.24) is 25.1 Å². The van der Waals surface area contributed by atoms with Gasteiger partial charge in [0.15, 0.2) is 11.5 Å². The minimum absolute atomic E-state index is 0.0561. The van der Waals surface area contributed by atoms with E-state index in [9.17, 15) is 9.18 Å². The van der Waals surface area contributed by atoms with E-state index in [-0.39, 0.29) is 22.9 Å². The highest BCUT2D eigenvalue weighted by Gasteiger charge is 2.22. The number of anilines is 3. The average Bonchev–Trinajstić information content (AvgIpc) is 3.30. The summed E-state index contributed by atoms with van der Waals surface area (Å²) in [4.78, 5) is 25.6. The van der Waals surface area contributed by atoms with Crippen LogP contribution in [-0.2, 0) is 0 Å². The Morgan fingerprint density at radius 2 is 1.91 bits per heavy atom. The molecule has 168 valence electrons. The van der Waals surface area contributed by atoms with Gasteiger partial charge in [-0.2, -0.15) is 5.10 Å². The highest BCUT2D eigenvalue weighted by atomic mass is 19.1. The van der Waals surface area contributed by atoms with Crippen LogP contribution >= 0.6 is 0 Å². The van der Waals surface area contributed by atoms with Crippen molar-refractivity contribution in [3.05, 3.63) is 78.0 Å². The second kappa shape index (κ2) is 8.24. The molecule has 0 spiro atoms. The fraction of sp³-hybridized carbons (Fsp3) is 0.0417. The maximum absolute atomic E-state index is 14.3. The SMILES string of the molecule is Cc1ccc2[nH]ncc2c1-c1nc(-c2cccnc2Nc2ccccc2F)nc(C(N)=O)c1N. The highest BCUT2D eigenvalue weighted by Crippen LogP contribution is 2.37. The summed E-state index contributed by atoms with van der Waals surface area (Å²) in [7, 11) is 0. The van der Waals surface area contributed by atoms with Crippen LogP contribution in [0.2, 0.25) is 0 Å². The first kappa shape index (κ1) is 21.0. The maximum Gasteiger partial charge on any atom is 0.269 e. The number of fused-ring (bicyclic) bond motifs is 1. The number of nitrogens with one attached hydrogen (secondary N) is 2. The predicted molar refractivity (Wildman–Crippen MR) is 128 cm³/mol. The number of hydrogen-bond acceptors (Lipinski definition) is 7. The predicted octanol–water partition coefficient (Wildman–Crippen LogP) is 3.95. The van der Waals surface area contributed by atoms with Crippen LogP contribution in [0.1, 0.15) is 16.1 Å². The lowest BCUT2D eigenvalue weighted by molar-refractivity contribution is 0.0996. The van der Waals surface area contributed by atoms with Gasteiger partial charge in [-0.05, 0) is 42.8 Å². The number of benzene rings is 2. The molecule has 0 aliphatic heterocycles. The van der Waals surface area contributed by atoms with Crippen molar-refractivity contribution in [2.24, 2.45) is 5.73 Å². The second-order valence-electron chi connectivity index (χ2n) is 7.62. The number of nitrogen functional groups attached to an aromatic ring is 1. The van der Waals surface area contributed by atoms with E-state index in [0.717, 1.165) is 16.5 Å². The molecule has 3 heterocycles. The van der Waals surface area contributed by atoms with Crippen molar-refractivity contribution in [1.29, 1.82) is 0 Å². The minimum Gasteiger partial charge on any atom is -0.395 e. The number of H-pyrrole nitrogens is 1. The van der Waals surface area contributed by atoms with Gasteiger partial charge in [0.25, 0.3) is 5.91 Å². The van der Waals surface area contributed by atoms with E-state index >= 15 is 0 Å². The van der Waals surface area contributed by atoms with Crippen LogP contribution < -0.4 is 16.8 Å². The number of amides is 1. The number of para-hydroxylation sites is 1. The van der Waals surface area contributed by atoms with Crippen molar-refractivity contribution in [3.63, 3.8) is 0 Å². The number of hydrogen-bond donors (Lipinski definition) is 4. The fourth-order valence-corrected chi connectivity index (χ4v) is 3.78. The molecule has 34 heavy (non-hydrogen) atoms. The lowest BCUT2D eigenvalue weighted by atomic mass is 9.99. The number of halogens is 1. The number of rotatable bonds is 5. The molecule has 0 unspecified atom stereocenters. The number of carbonyl (C=O) groups is 1. The molecule has 0 bridgehead atoms. The molecule has 0 saturated heterocycles. The zero-order valence-electron chi connectivity index (χ0n) is 18.0. The lowest BCUT2D eigenvalue weighted by Crippen LogP contribution is -2.18. The van der Waals surface area contributed by atoms with E-state index in [1.54, 1.807) is 42.7 Å². The third-order valence-corrected chi connectivity index (χ3v) is 5.42. The standard InChI is InChI=1S/C24H19FN8O/c1-12-8-9-16-14(11-29-33-16)18(12)20-19(26)21(22(27)34)32-24(31-20)13-5-4-10-28-23(13)30-17-7-3-2-6-15(17)25/h2-11H,26H2,1H3,(H2,27,34)(H,28,30)(H,29,33). The molecule has 5 rings (SSSR count). The average molecular weight is 454 g/mol. The first-order valence-electron chi connectivity index (χ1n) is 10.3. The summed E-state index contributed by atoms with van der Waals surface area (Å²) in [6, 6.07) is 13.4. The van der Waals surface area contributed by atoms with Gasteiger partial charge in [-0.1, -0.05) is 18.2 Å². The van der Waals surface area contributed by atoms with Crippen LogP contribution in [-0.4, -0.2) is 31.1 Å². The summed E-state index contributed by atoms with van der Waals surface area (Å²) in [5.41, 5.74) is 15.2. The molecule has 0 aliphatic rings. The Labute approximate surface area is 193 Å². The van der Waals surface area contributed by atoms with E-state index in [4.69, 9.17) is 16.5 Å². The summed E-state index contributed by atoms with van der Waals surface area (Å²) in [6.07, 6.45) is 3.22. The van der Waals surface area contributed by atoms with Gasteiger partial charge < -0.3 is 16.8 Å². The van der Waals surface area contributed by atoms with Gasteiger partial charge in [-0.25, -0.2) is 19.3 Å². The third kappa shape index (κ3) is 3.56. The molecular formula is C24H19FN8O. The van der Waals surface area contributed by atoms with Crippen LogP contribution in [0.5, 0.6) is 0 Å². The number of aromatic nitrogens is 5. The van der Waals surface area contributed by atoms with Crippen molar-refractivity contribution in [2.45, 2.75) is 6.92 Å². The van der Waals surface area contributed by atoms with Crippen molar-refractivity contribution in [3.8, 4) is 22.6 Å². The summed E-state index contributed by atoms with van der Waals surface area (Å²) in [5, 5.41) is 10.8. The topological polar surface area (TPSA) is 148 Å². The normalized spacial score (nSPS) is 11.0. The molecule has 0 aliphatic carbocycles. The molecule has 0 fully saturated rings. The van der Waals surface area contributed by atoms with Crippen molar-refractivity contribution >= 4 is 34.0 Å². The molecule has 2 aromatic carbocycles. The van der Waals surface area contributed by atoms with Crippen LogP contribution in [0.4, 0.5) is 21.6 Å². The van der Waals surface area contributed by atoms with Crippen LogP contribution in [0.3, 0.4) is 0 Å². The van der Waals surface area contributed by atoms with Gasteiger partial charge in [-0.3, -0.25) is 9.89 Å². The molecular weight excluding hydrogens is 435 g/mol. The Morgan fingerprint density at radius 1 is 1.09 bits per heavy atom. The number of pyridine rings is 1. The van der Waals surface area contributed by atoms with E-state index in [2.05, 4.69) is 25.5 Å². The molecule has 0 atom stereocenters. The molecule has 9 nitrogen and oxygen atoms in total. The second-order valence-corrected chi connectivity index (χ2v) is 7.62. The molecule has 1 amide bonds. The van der Waals surface area contributed by atoms with Crippen LogP contribution in [0.25, 0.3) is 33.5 Å². The summed E-state index contributed by atoms with van der Waals surface area (Å²) >= 11 is 0. The first-order chi connectivity index (χ1) is 16.4. The molecule has 0 saturated carbocycles. The molecule has 0 radical (unpaired) electrons. The number of nitrogens with zero attached hydrogens (tertiary/aromatic N) is 4. The van der Waals surface area contributed by atoms with Crippen molar-refractivity contribution < 1.29 is 9.18 Å². The molecule has 5 aromatic rings. The fourth-order valence-electron chi connectivity index (χ4n) is 3.78. The highest BCUT2D eigenvalue weighted by molar-refractivity contribution is 6.04. The number of primary amides is 1. The number of aromatic amines is 1. The lowest BCUT2D eigenvalue weighted by Gasteiger charge is -2.15. The third-order valence-electron chi connectivity index (χ3n) is 5.42. The van der Waals surface area contributed by atoms with Crippen molar-refractivity contribution in [2.75, 3.05) is 11.1 Å². The zero-order valence-corrected chi connectivity index (χ0v) is 18.0. The number of carbonyl (C=O) groups excluding carboxylic acids is 1. The van der Waals surface area contributed by atoms with E-state index in [0.29, 0.717) is 22.6 Å². The summed E-state index contributed by atoms with van der Waals surface area (Å²) in [6.45, 7) is 1.90. The molecule has 10 heteroatoms. The van der Waals surface area contributed by atoms with Gasteiger partial charge in [0.05, 0.1) is 34.3 Å². The van der Waals surface area contributed by atoms with Gasteiger partial charge in [0, 0.05) is 17.1 Å². The Hall–Kier alpha value is -4.86. The largest absolute Gasteiger partial charge is 0.395 e. The number of nitrogens with two attached hydrogens (primary N) is 2. The maximum atomic E-state index is 14.3. The zero-order chi connectivity index (χ0) is 23.8. The van der Waals surface area contributed by atoms with E-state index < -0.39 is 11.7 Å². The summed E-state index contributed by atoms with van der Waals surface area (Å²) < 4.78 is 14.3. The van der Waals surface area contributed by atoms with Crippen LogP contribution in [0, 0.1) is 12.7 Å². The summed E-state index contributed by atoms with van der Waals surface area (Å²) in [5.74, 6) is -0.785. The monoisotopic (exact) mass is 454 g/mol. The Balaban J connectivity index is 1.74. The Morgan fingerprint density at radius 3 is 2.71 bits per heavy atom. The first-order valence-corrected chi connectivity index (χ1v) is 10.3. The Bertz CT molecular complexity index is 1560. The molecule has 3 aromatic heterocycles. The van der Waals surface area contributed by atoms with E-state index in [1.807, 2.05) is 19.1 Å². The Kier molecular flexibility index (Phi) is 5.09. The minimum atomic E-state index is -0.799. The molecule has 6 N–H and O–H groups in total. The van der Waals surface area contributed by atoms with Crippen LogP contribution in [0.15, 0.2) is 60.9 Å². The van der Waals surface area contributed by atoms with E-state index in [1.165, 1.54) is 6.07 Å². The van der Waals surface area contributed by atoms with Gasteiger partial charge >= 0.3 is 0 Å². The van der Waals surface area contributed by atoms with Gasteiger partial charge in [0.2, 0.25) is 0 Å². The van der Waals surface area contributed by atoms with Gasteiger partial charge in [0.1, 0.15) is 11.6 Å². The smallest absolute Gasteiger partial charge is 0.269 e. The number of aryl methyl sites for hydroxylation is 1. The quantitative estimate of drug-likeness (QED) is 0.314.